The normalized spacial score (nSPS) is 17.6. The van der Waals surface area contributed by atoms with E-state index >= 15 is 0 Å². The van der Waals surface area contributed by atoms with Crippen molar-refractivity contribution < 1.29 is 4.79 Å². The highest BCUT2D eigenvalue weighted by Crippen LogP contribution is 2.35. The molecule has 2 N–H and O–H groups in total. The molecule has 0 spiro atoms. The largest absolute Gasteiger partial charge is 0.392 e. The molecule has 2 rings (SSSR count). The van der Waals surface area contributed by atoms with Crippen molar-refractivity contribution in [1.82, 2.24) is 4.90 Å². The van der Waals surface area contributed by atoms with E-state index in [-0.39, 0.29) is 10.7 Å². The average molecular weight is 408 g/mol. The lowest BCUT2D eigenvalue weighted by atomic mass is 9.95. The van der Waals surface area contributed by atoms with E-state index in [0.29, 0.717) is 28.7 Å². The van der Waals surface area contributed by atoms with Crippen LogP contribution in [0.25, 0.3) is 0 Å². The van der Waals surface area contributed by atoms with E-state index in [1.807, 2.05) is 11.2 Å². The number of thiocarbonyl (C=S) groups is 1. The molecule has 1 aliphatic heterocycles. The second-order valence-electron chi connectivity index (χ2n) is 4.98. The zero-order valence-corrected chi connectivity index (χ0v) is 15.5. The van der Waals surface area contributed by atoms with Crippen molar-refractivity contribution in [2.75, 3.05) is 19.3 Å². The number of nitrogens with two attached hydrogens (primary N) is 1. The molecule has 0 aliphatic carbocycles. The van der Waals surface area contributed by atoms with Gasteiger partial charge in [0.15, 0.2) is 0 Å². The Labute approximate surface area is 147 Å². The molecule has 3 nitrogen and oxygen atoms in total. The molecule has 114 valence electrons. The number of piperidine rings is 1. The van der Waals surface area contributed by atoms with Gasteiger partial charge in [-0.1, -0.05) is 23.8 Å². The van der Waals surface area contributed by atoms with Crippen LogP contribution in [0.3, 0.4) is 0 Å². The Hall–Kier alpha value is -0.300. The number of thioether (sulfide) groups is 1. The minimum atomic E-state index is -0.177. The Morgan fingerprint density at radius 2 is 2.10 bits per heavy atom. The van der Waals surface area contributed by atoms with E-state index in [1.165, 1.54) is 0 Å². The number of amides is 1. The lowest BCUT2D eigenvalue weighted by Crippen LogP contribution is -2.50. The third-order valence-corrected chi connectivity index (χ3v) is 6.68. The van der Waals surface area contributed by atoms with E-state index in [0.717, 1.165) is 17.3 Å². The summed E-state index contributed by atoms with van der Waals surface area (Å²) >= 11 is 16.2. The summed E-state index contributed by atoms with van der Waals surface area (Å²) in [4.78, 5) is 15.0. The molecule has 0 bridgehead atoms. The fraction of sp³-hybridized carbons (Fsp3) is 0.429. The zero-order chi connectivity index (χ0) is 15.6. The summed E-state index contributed by atoms with van der Waals surface area (Å²) in [7, 11) is 0. The number of hydrogen-bond acceptors (Lipinski definition) is 3. The van der Waals surface area contributed by atoms with Gasteiger partial charge in [-0.2, -0.15) is 11.8 Å². The summed E-state index contributed by atoms with van der Waals surface area (Å²) < 4.78 is 0.541. The van der Waals surface area contributed by atoms with Gasteiger partial charge in [-0.3, -0.25) is 4.79 Å². The highest BCUT2D eigenvalue weighted by Gasteiger charge is 2.38. The Balaban J connectivity index is 2.12. The van der Waals surface area contributed by atoms with Gasteiger partial charge >= 0.3 is 0 Å². The van der Waals surface area contributed by atoms with Crippen LogP contribution in [0.4, 0.5) is 0 Å². The maximum absolute atomic E-state index is 12.6. The Kier molecular flexibility index (Phi) is 5.57. The Morgan fingerprint density at radius 3 is 2.57 bits per heavy atom. The summed E-state index contributed by atoms with van der Waals surface area (Å²) in [6.07, 6.45) is 3.60. The van der Waals surface area contributed by atoms with E-state index in [1.54, 1.807) is 30.0 Å². The second-order valence-corrected chi connectivity index (χ2v) is 7.90. The van der Waals surface area contributed by atoms with Crippen molar-refractivity contribution >= 4 is 62.4 Å². The number of likely N-dealkylation sites (tertiary alicyclic amines) is 1. The topological polar surface area (TPSA) is 46.3 Å². The van der Waals surface area contributed by atoms with Crippen molar-refractivity contribution in [1.29, 1.82) is 0 Å². The average Bonchev–Trinajstić information content (AvgIpc) is 2.46. The van der Waals surface area contributed by atoms with Crippen LogP contribution in [-0.2, 0) is 0 Å². The predicted molar refractivity (Wildman–Crippen MR) is 97.3 cm³/mol. The SMILES string of the molecule is CSC1(C(N)=S)CCN(C(=O)c2ccc(Cl)cc2Br)CC1. The van der Waals surface area contributed by atoms with E-state index < -0.39 is 0 Å². The van der Waals surface area contributed by atoms with Gasteiger partial charge < -0.3 is 10.6 Å². The molecule has 1 saturated heterocycles. The van der Waals surface area contributed by atoms with Crippen LogP contribution in [-0.4, -0.2) is 39.9 Å². The lowest BCUT2D eigenvalue weighted by Gasteiger charge is -2.40. The van der Waals surface area contributed by atoms with Gasteiger partial charge in [0.2, 0.25) is 0 Å². The highest BCUT2D eigenvalue weighted by atomic mass is 79.9. The minimum Gasteiger partial charge on any atom is -0.392 e. The maximum Gasteiger partial charge on any atom is 0.255 e. The molecule has 0 aromatic heterocycles. The molecule has 0 atom stereocenters. The molecule has 1 amide bonds. The molecular formula is C14H16BrClN2OS2. The van der Waals surface area contributed by atoms with Crippen LogP contribution in [0.15, 0.2) is 22.7 Å². The number of halogens is 2. The molecule has 0 saturated carbocycles. The van der Waals surface area contributed by atoms with Crippen LogP contribution in [0, 0.1) is 0 Å². The fourth-order valence-corrected chi connectivity index (χ4v) is 4.55. The van der Waals surface area contributed by atoms with Gasteiger partial charge in [-0.25, -0.2) is 0 Å². The first-order valence-electron chi connectivity index (χ1n) is 6.49. The minimum absolute atomic E-state index is 0.0104. The van der Waals surface area contributed by atoms with Crippen molar-refractivity contribution in [2.24, 2.45) is 5.73 Å². The molecule has 0 radical (unpaired) electrons. The third-order valence-electron chi connectivity index (χ3n) is 3.86. The highest BCUT2D eigenvalue weighted by molar-refractivity contribution is 9.10. The predicted octanol–water partition coefficient (Wildman–Crippen LogP) is 3.73. The molecule has 1 aromatic carbocycles. The molecular weight excluding hydrogens is 392 g/mol. The molecule has 0 unspecified atom stereocenters. The summed E-state index contributed by atoms with van der Waals surface area (Å²) in [5.74, 6) is 0.0104. The molecule has 1 aliphatic rings. The number of nitrogens with zero attached hydrogens (tertiary/aromatic N) is 1. The zero-order valence-electron chi connectivity index (χ0n) is 11.6. The summed E-state index contributed by atoms with van der Waals surface area (Å²) in [6, 6.07) is 5.21. The summed E-state index contributed by atoms with van der Waals surface area (Å²) in [6.45, 7) is 1.32. The quantitative estimate of drug-likeness (QED) is 0.776. The van der Waals surface area contributed by atoms with Crippen molar-refractivity contribution in [3.8, 4) is 0 Å². The molecule has 7 heteroatoms. The van der Waals surface area contributed by atoms with Gasteiger partial charge in [-0.05, 0) is 53.2 Å². The number of carbonyl (C=O) groups excluding carboxylic acids is 1. The second kappa shape index (κ2) is 6.86. The monoisotopic (exact) mass is 406 g/mol. The van der Waals surface area contributed by atoms with E-state index in [2.05, 4.69) is 15.9 Å². The van der Waals surface area contributed by atoms with Crippen molar-refractivity contribution in [3.05, 3.63) is 33.3 Å². The van der Waals surface area contributed by atoms with Crippen molar-refractivity contribution in [2.45, 2.75) is 17.6 Å². The fourth-order valence-electron chi connectivity index (χ4n) is 2.46. The molecule has 21 heavy (non-hydrogen) atoms. The molecule has 1 aromatic rings. The smallest absolute Gasteiger partial charge is 0.255 e. The maximum atomic E-state index is 12.6. The Morgan fingerprint density at radius 1 is 1.48 bits per heavy atom. The Bertz CT molecular complexity index is 574. The standard InChI is InChI=1S/C14H16BrClN2OS2/c1-21-14(13(17)20)4-6-18(7-5-14)12(19)10-3-2-9(16)8-11(10)15/h2-3,8H,4-7H2,1H3,(H2,17,20). The number of hydrogen-bond donors (Lipinski definition) is 1. The van der Waals surface area contributed by atoms with Gasteiger partial charge in [0.25, 0.3) is 5.91 Å². The van der Waals surface area contributed by atoms with Gasteiger partial charge in [-0.15, -0.1) is 0 Å². The van der Waals surface area contributed by atoms with Crippen LogP contribution in [0.1, 0.15) is 23.2 Å². The van der Waals surface area contributed by atoms with Gasteiger partial charge in [0, 0.05) is 22.6 Å². The van der Waals surface area contributed by atoms with Crippen LogP contribution < -0.4 is 5.73 Å². The summed E-state index contributed by atoms with van der Waals surface area (Å²) in [5, 5.41) is 0.604. The van der Waals surface area contributed by atoms with Crippen LogP contribution >= 0.6 is 51.5 Å². The van der Waals surface area contributed by atoms with Gasteiger partial charge in [0.05, 0.1) is 15.3 Å². The van der Waals surface area contributed by atoms with Crippen molar-refractivity contribution in [3.63, 3.8) is 0 Å². The van der Waals surface area contributed by atoms with Crippen LogP contribution in [0.5, 0.6) is 0 Å². The van der Waals surface area contributed by atoms with E-state index in [9.17, 15) is 4.79 Å². The van der Waals surface area contributed by atoms with Gasteiger partial charge in [0.1, 0.15) is 0 Å². The molecule has 1 fully saturated rings. The molecule has 1 heterocycles. The van der Waals surface area contributed by atoms with E-state index in [4.69, 9.17) is 29.6 Å². The van der Waals surface area contributed by atoms with Crippen LogP contribution in [0.2, 0.25) is 5.02 Å². The lowest BCUT2D eigenvalue weighted by molar-refractivity contribution is 0.0718. The number of carbonyl (C=O) groups is 1. The first kappa shape index (κ1) is 17.1. The first-order chi connectivity index (χ1) is 9.89. The number of benzene rings is 1. The number of rotatable bonds is 3. The first-order valence-corrected chi connectivity index (χ1v) is 9.29. The summed E-state index contributed by atoms with van der Waals surface area (Å²) in [5.41, 5.74) is 6.50. The third kappa shape index (κ3) is 3.55.